The van der Waals surface area contributed by atoms with E-state index in [4.69, 9.17) is 23.2 Å². The SMILES string of the molecule is C[As](Cc1ccc(Cl)cc1)c1nc(Cl)c(C=O)s1. The first-order valence-electron chi connectivity index (χ1n) is 5.17. The predicted octanol–water partition coefficient (Wildman–Crippen LogP) is 3.38. The summed E-state index contributed by atoms with van der Waals surface area (Å²) in [5.74, 6) is 0. The maximum absolute atomic E-state index is 10.7. The van der Waals surface area contributed by atoms with Crippen molar-refractivity contribution in [3.63, 3.8) is 0 Å². The van der Waals surface area contributed by atoms with Crippen LogP contribution >= 0.6 is 34.5 Å². The number of benzene rings is 1. The third-order valence-electron chi connectivity index (χ3n) is 2.36. The van der Waals surface area contributed by atoms with Crippen molar-refractivity contribution in [2.24, 2.45) is 0 Å². The zero-order valence-electron chi connectivity index (χ0n) is 9.56. The second kappa shape index (κ2) is 6.20. The Morgan fingerprint density at radius 3 is 2.56 bits per heavy atom. The molecule has 18 heavy (non-hydrogen) atoms. The van der Waals surface area contributed by atoms with E-state index < -0.39 is 14.7 Å². The van der Waals surface area contributed by atoms with Crippen LogP contribution in [0.2, 0.25) is 15.9 Å². The molecule has 0 saturated carbocycles. The normalized spacial score (nSPS) is 12.4. The first-order chi connectivity index (χ1) is 8.60. The first-order valence-corrected chi connectivity index (χ1v) is 10.9. The Hall–Kier alpha value is -0.342. The summed E-state index contributed by atoms with van der Waals surface area (Å²) in [6.45, 7) is 0. The van der Waals surface area contributed by atoms with Crippen LogP contribution in [0.4, 0.5) is 0 Å². The number of hydrogen-bond acceptors (Lipinski definition) is 3. The molecule has 1 atom stereocenters. The van der Waals surface area contributed by atoms with Crippen LogP contribution in [-0.4, -0.2) is 25.9 Å². The molecule has 2 aromatic rings. The quantitative estimate of drug-likeness (QED) is 0.617. The standard InChI is InChI=1S/C12H10AsCl2NOS/c1-13(6-8-2-4-9(14)5-3-8)12-16-11(15)10(7-17)18-12/h2-5,7H,6H2,1H3. The number of carbonyl (C=O) groups excluding carboxylic acids is 1. The molecule has 0 amide bonds. The van der Waals surface area contributed by atoms with Crippen molar-refractivity contribution >= 4 is 59.3 Å². The van der Waals surface area contributed by atoms with Crippen LogP contribution in [0.25, 0.3) is 0 Å². The Kier molecular flexibility index (Phi) is 4.85. The molecule has 0 N–H and O–H groups in total. The van der Waals surface area contributed by atoms with Gasteiger partial charge in [-0.2, -0.15) is 0 Å². The number of aromatic nitrogens is 1. The van der Waals surface area contributed by atoms with E-state index in [1.165, 1.54) is 16.9 Å². The van der Waals surface area contributed by atoms with Crippen molar-refractivity contribution in [3.05, 3.63) is 44.9 Å². The minimum absolute atomic E-state index is 0.335. The molecule has 0 fully saturated rings. The van der Waals surface area contributed by atoms with Crippen molar-refractivity contribution in [3.8, 4) is 0 Å². The second-order valence-electron chi connectivity index (χ2n) is 3.75. The minimum atomic E-state index is -1.27. The summed E-state index contributed by atoms with van der Waals surface area (Å²) in [4.78, 5) is 15.6. The van der Waals surface area contributed by atoms with Gasteiger partial charge in [0, 0.05) is 0 Å². The van der Waals surface area contributed by atoms with Crippen LogP contribution in [0.3, 0.4) is 0 Å². The van der Waals surface area contributed by atoms with Gasteiger partial charge in [-0.1, -0.05) is 0 Å². The average Bonchev–Trinajstić information content (AvgIpc) is 2.73. The summed E-state index contributed by atoms with van der Waals surface area (Å²) in [6.07, 6.45) is 0.772. The van der Waals surface area contributed by atoms with Gasteiger partial charge < -0.3 is 0 Å². The van der Waals surface area contributed by atoms with E-state index in [1.54, 1.807) is 0 Å². The van der Waals surface area contributed by atoms with Gasteiger partial charge in [-0.15, -0.1) is 0 Å². The van der Waals surface area contributed by atoms with Gasteiger partial charge in [-0.05, 0) is 0 Å². The Morgan fingerprint density at radius 1 is 1.33 bits per heavy atom. The molecule has 0 saturated heterocycles. The number of carbonyl (C=O) groups is 1. The van der Waals surface area contributed by atoms with Gasteiger partial charge >= 0.3 is 125 Å². The zero-order valence-corrected chi connectivity index (χ0v) is 13.8. The molecule has 2 rings (SSSR count). The fourth-order valence-corrected chi connectivity index (χ4v) is 7.07. The molecule has 0 radical (unpaired) electrons. The third kappa shape index (κ3) is 3.36. The molecular weight excluding hydrogens is 352 g/mol. The van der Waals surface area contributed by atoms with E-state index in [1.807, 2.05) is 24.3 Å². The second-order valence-corrected chi connectivity index (χ2v) is 10.7. The summed E-state index contributed by atoms with van der Waals surface area (Å²) in [5, 5.41) is 2.07. The summed E-state index contributed by atoms with van der Waals surface area (Å²) < 4.78 is 1.03. The van der Waals surface area contributed by atoms with E-state index in [0.717, 1.165) is 20.3 Å². The van der Waals surface area contributed by atoms with Gasteiger partial charge in [0.15, 0.2) is 0 Å². The molecular formula is C12H10AsCl2NOS. The number of nitrogens with zero attached hydrogens (tertiary/aromatic N) is 1. The number of halogens is 2. The number of hydrogen-bond donors (Lipinski definition) is 0. The van der Waals surface area contributed by atoms with Crippen molar-refractivity contribution < 1.29 is 4.79 Å². The van der Waals surface area contributed by atoms with Crippen LogP contribution in [0, 0.1) is 0 Å². The molecule has 0 spiro atoms. The Morgan fingerprint density at radius 2 is 2.00 bits per heavy atom. The molecule has 1 heterocycles. The Bertz CT molecular complexity index is 556. The fourth-order valence-electron chi connectivity index (χ4n) is 1.47. The first kappa shape index (κ1) is 14.1. The maximum atomic E-state index is 10.7. The fraction of sp³-hybridized carbons (Fsp3) is 0.167. The van der Waals surface area contributed by atoms with Crippen molar-refractivity contribution in [1.29, 1.82) is 0 Å². The predicted molar refractivity (Wildman–Crippen MR) is 78.9 cm³/mol. The molecule has 1 aromatic carbocycles. The van der Waals surface area contributed by atoms with E-state index in [2.05, 4.69) is 10.7 Å². The van der Waals surface area contributed by atoms with Gasteiger partial charge in [0.05, 0.1) is 0 Å². The van der Waals surface area contributed by atoms with Crippen LogP contribution < -0.4 is 3.80 Å². The Balaban J connectivity index is 2.13. The van der Waals surface area contributed by atoms with Crippen LogP contribution in [0.1, 0.15) is 15.2 Å². The number of rotatable bonds is 4. The van der Waals surface area contributed by atoms with Crippen molar-refractivity contribution in [2.75, 3.05) is 0 Å². The molecule has 0 aliphatic rings. The summed E-state index contributed by atoms with van der Waals surface area (Å²) in [6, 6.07) is 7.85. The summed E-state index contributed by atoms with van der Waals surface area (Å²) in [5.41, 5.74) is 3.46. The summed E-state index contributed by atoms with van der Waals surface area (Å²) >= 11 is 11.9. The zero-order chi connectivity index (χ0) is 13.1. The molecule has 0 aliphatic carbocycles. The Labute approximate surface area is 124 Å². The van der Waals surface area contributed by atoms with Gasteiger partial charge in [-0.3, -0.25) is 0 Å². The van der Waals surface area contributed by atoms with E-state index in [0.29, 0.717) is 10.0 Å². The molecule has 0 bridgehead atoms. The van der Waals surface area contributed by atoms with Crippen molar-refractivity contribution in [2.45, 2.75) is 10.9 Å². The van der Waals surface area contributed by atoms with Gasteiger partial charge in [0.1, 0.15) is 0 Å². The number of thiazole rings is 1. The molecule has 1 unspecified atom stereocenters. The van der Waals surface area contributed by atoms with E-state index in [-0.39, 0.29) is 0 Å². The van der Waals surface area contributed by atoms with E-state index in [9.17, 15) is 4.79 Å². The van der Waals surface area contributed by atoms with Gasteiger partial charge in [0.25, 0.3) is 0 Å². The molecule has 1 aromatic heterocycles. The number of aldehydes is 1. The van der Waals surface area contributed by atoms with Crippen LogP contribution in [-0.2, 0) is 5.21 Å². The van der Waals surface area contributed by atoms with Crippen LogP contribution in [0.15, 0.2) is 24.3 Å². The molecule has 6 heteroatoms. The molecule has 94 valence electrons. The van der Waals surface area contributed by atoms with Gasteiger partial charge in [-0.25, -0.2) is 0 Å². The van der Waals surface area contributed by atoms with Crippen LogP contribution in [0.5, 0.6) is 0 Å². The molecule has 2 nitrogen and oxygen atoms in total. The summed E-state index contributed by atoms with van der Waals surface area (Å²) in [7, 11) is 0. The van der Waals surface area contributed by atoms with Gasteiger partial charge in [0.2, 0.25) is 0 Å². The molecule has 0 aliphatic heterocycles. The average molecular weight is 362 g/mol. The van der Waals surface area contributed by atoms with Crippen molar-refractivity contribution in [1.82, 2.24) is 4.98 Å². The monoisotopic (exact) mass is 361 g/mol. The van der Waals surface area contributed by atoms with E-state index >= 15 is 0 Å². The topological polar surface area (TPSA) is 30.0 Å². The third-order valence-corrected chi connectivity index (χ3v) is 9.34.